The summed E-state index contributed by atoms with van der Waals surface area (Å²) in [5, 5.41) is 1.03. The fraction of sp³-hybridized carbons (Fsp3) is 0.600. The van der Waals surface area contributed by atoms with Gasteiger partial charge in [0.15, 0.2) is 0 Å². The largest absolute Gasteiger partial charge is 0.0895 e. The number of hydrogen-bond acceptors (Lipinski definition) is 0. The van der Waals surface area contributed by atoms with Crippen LogP contribution in [0.1, 0.15) is 13.3 Å². The van der Waals surface area contributed by atoms with Crippen LogP contribution in [-0.4, -0.2) is 0 Å². The standard InChI is InChI=1S/C5H7Cl/c1-4-2-5(6)3-4/h2,4H,3H2,1H3. The number of rotatable bonds is 0. The zero-order valence-electron chi connectivity index (χ0n) is 3.74. The maximum atomic E-state index is 5.50. The van der Waals surface area contributed by atoms with Gasteiger partial charge < -0.3 is 0 Å². The van der Waals surface area contributed by atoms with E-state index in [1.54, 1.807) is 0 Å². The molecular weight excluding hydrogens is 95.5 g/mol. The van der Waals surface area contributed by atoms with E-state index in [1.165, 1.54) is 0 Å². The normalized spacial score (nSPS) is 31.7. The summed E-state index contributed by atoms with van der Waals surface area (Å²) in [6, 6.07) is 0. The molecular formula is C5H7Cl. The third-order valence-electron chi connectivity index (χ3n) is 0.982. The molecule has 0 saturated carbocycles. The van der Waals surface area contributed by atoms with Crippen molar-refractivity contribution in [2.24, 2.45) is 5.92 Å². The minimum Gasteiger partial charge on any atom is -0.0895 e. The molecule has 1 heteroatoms. The molecule has 0 fully saturated rings. The fourth-order valence-corrected chi connectivity index (χ4v) is 1.04. The molecule has 0 aromatic carbocycles. The average molecular weight is 103 g/mol. The predicted molar refractivity (Wildman–Crippen MR) is 27.7 cm³/mol. The Kier molecular flexibility index (Phi) is 0.886. The minimum absolute atomic E-state index is 0.748. The Balaban J connectivity index is 2.46. The van der Waals surface area contributed by atoms with E-state index < -0.39 is 0 Å². The van der Waals surface area contributed by atoms with Gasteiger partial charge in [-0.15, -0.1) is 0 Å². The van der Waals surface area contributed by atoms with Crippen molar-refractivity contribution < 1.29 is 0 Å². The summed E-state index contributed by atoms with van der Waals surface area (Å²) in [7, 11) is 0. The van der Waals surface area contributed by atoms with E-state index in [1.807, 2.05) is 0 Å². The van der Waals surface area contributed by atoms with Gasteiger partial charge in [0.1, 0.15) is 0 Å². The van der Waals surface area contributed by atoms with Crippen molar-refractivity contribution in [3.63, 3.8) is 0 Å². The number of allylic oxidation sites excluding steroid dienone is 2. The Hall–Kier alpha value is 0.0300. The molecule has 0 amide bonds. The van der Waals surface area contributed by atoms with Gasteiger partial charge in [-0.25, -0.2) is 0 Å². The number of hydrogen-bond donors (Lipinski definition) is 0. The first-order valence-corrected chi connectivity index (χ1v) is 2.53. The van der Waals surface area contributed by atoms with E-state index in [9.17, 15) is 0 Å². The molecule has 34 valence electrons. The van der Waals surface area contributed by atoms with E-state index in [-0.39, 0.29) is 0 Å². The highest BCUT2D eigenvalue weighted by Crippen LogP contribution is 2.27. The summed E-state index contributed by atoms with van der Waals surface area (Å²) < 4.78 is 0. The molecule has 1 unspecified atom stereocenters. The first kappa shape index (κ1) is 4.20. The van der Waals surface area contributed by atoms with Crippen LogP contribution in [0.4, 0.5) is 0 Å². The summed E-state index contributed by atoms with van der Waals surface area (Å²) in [5.74, 6) is 0.748. The lowest BCUT2D eigenvalue weighted by molar-refractivity contribution is 0.668. The molecule has 1 atom stereocenters. The van der Waals surface area contributed by atoms with Crippen molar-refractivity contribution in [1.82, 2.24) is 0 Å². The fourth-order valence-electron chi connectivity index (χ4n) is 0.583. The second-order valence-electron chi connectivity index (χ2n) is 1.79. The van der Waals surface area contributed by atoms with Crippen LogP contribution in [0, 0.1) is 5.92 Å². The van der Waals surface area contributed by atoms with E-state index in [0.29, 0.717) is 0 Å². The predicted octanol–water partition coefficient (Wildman–Crippen LogP) is 2.15. The van der Waals surface area contributed by atoms with Crippen molar-refractivity contribution in [2.75, 3.05) is 0 Å². The third kappa shape index (κ3) is 0.574. The molecule has 0 heterocycles. The quantitative estimate of drug-likeness (QED) is 0.440. The molecule has 0 nitrogen and oxygen atoms in total. The molecule has 0 radical (unpaired) electrons. The van der Waals surface area contributed by atoms with Crippen molar-refractivity contribution in [1.29, 1.82) is 0 Å². The van der Waals surface area contributed by atoms with Crippen LogP contribution in [-0.2, 0) is 0 Å². The first-order chi connectivity index (χ1) is 2.79. The molecule has 1 rings (SSSR count). The lowest BCUT2D eigenvalue weighted by atomic mass is 9.98. The lowest BCUT2D eigenvalue weighted by Crippen LogP contribution is -1.99. The second-order valence-corrected chi connectivity index (χ2v) is 2.28. The van der Waals surface area contributed by atoms with Crippen LogP contribution < -0.4 is 0 Å². The maximum Gasteiger partial charge on any atom is 0.0149 e. The van der Waals surface area contributed by atoms with E-state index in [2.05, 4.69) is 13.0 Å². The van der Waals surface area contributed by atoms with Gasteiger partial charge in [-0.2, -0.15) is 0 Å². The van der Waals surface area contributed by atoms with Crippen LogP contribution in [0.3, 0.4) is 0 Å². The number of halogens is 1. The Morgan fingerprint density at radius 2 is 2.50 bits per heavy atom. The molecule has 0 aromatic rings. The maximum absolute atomic E-state index is 5.50. The molecule has 1 aliphatic carbocycles. The molecule has 0 saturated heterocycles. The SMILES string of the molecule is CC1C=C(Cl)C1. The second kappa shape index (κ2) is 1.27. The zero-order valence-corrected chi connectivity index (χ0v) is 4.50. The summed E-state index contributed by atoms with van der Waals surface area (Å²) >= 11 is 5.50. The summed E-state index contributed by atoms with van der Waals surface area (Å²) in [6.45, 7) is 2.16. The van der Waals surface area contributed by atoms with Crippen LogP contribution in [0.5, 0.6) is 0 Å². The smallest absolute Gasteiger partial charge is 0.0149 e. The van der Waals surface area contributed by atoms with Gasteiger partial charge in [0.05, 0.1) is 0 Å². The van der Waals surface area contributed by atoms with Crippen molar-refractivity contribution in [3.05, 3.63) is 11.1 Å². The van der Waals surface area contributed by atoms with E-state index >= 15 is 0 Å². The summed E-state index contributed by atoms with van der Waals surface area (Å²) in [4.78, 5) is 0. The van der Waals surface area contributed by atoms with Crippen molar-refractivity contribution in [3.8, 4) is 0 Å². The Morgan fingerprint density at radius 3 is 2.50 bits per heavy atom. The topological polar surface area (TPSA) is 0 Å². The molecule has 0 spiro atoms. The molecule has 6 heavy (non-hydrogen) atoms. The first-order valence-electron chi connectivity index (χ1n) is 2.15. The Morgan fingerprint density at radius 1 is 2.00 bits per heavy atom. The molecule has 0 aromatic heterocycles. The van der Waals surface area contributed by atoms with Gasteiger partial charge in [-0.05, 0) is 12.3 Å². The highest BCUT2D eigenvalue weighted by atomic mass is 35.5. The molecule has 0 bridgehead atoms. The Bertz CT molecular complexity index is 83.9. The van der Waals surface area contributed by atoms with E-state index in [4.69, 9.17) is 11.6 Å². The molecule has 1 aliphatic rings. The Labute approximate surface area is 42.8 Å². The van der Waals surface area contributed by atoms with Gasteiger partial charge in [-0.3, -0.25) is 0 Å². The third-order valence-corrected chi connectivity index (χ3v) is 1.26. The van der Waals surface area contributed by atoms with Crippen LogP contribution in [0.25, 0.3) is 0 Å². The minimum atomic E-state index is 0.748. The van der Waals surface area contributed by atoms with Crippen molar-refractivity contribution in [2.45, 2.75) is 13.3 Å². The van der Waals surface area contributed by atoms with Crippen LogP contribution in [0.15, 0.2) is 11.1 Å². The highest BCUT2D eigenvalue weighted by Gasteiger charge is 2.09. The highest BCUT2D eigenvalue weighted by molar-refractivity contribution is 6.30. The molecule has 0 N–H and O–H groups in total. The molecule has 0 aliphatic heterocycles. The monoisotopic (exact) mass is 102 g/mol. The van der Waals surface area contributed by atoms with Crippen LogP contribution >= 0.6 is 11.6 Å². The van der Waals surface area contributed by atoms with Crippen molar-refractivity contribution >= 4 is 11.6 Å². The zero-order chi connectivity index (χ0) is 4.57. The van der Waals surface area contributed by atoms with Crippen LogP contribution in [0.2, 0.25) is 0 Å². The van der Waals surface area contributed by atoms with Gasteiger partial charge in [0.2, 0.25) is 0 Å². The van der Waals surface area contributed by atoms with E-state index in [0.717, 1.165) is 17.4 Å². The van der Waals surface area contributed by atoms with Gasteiger partial charge >= 0.3 is 0 Å². The summed E-state index contributed by atoms with van der Waals surface area (Å²) in [5.41, 5.74) is 0. The average Bonchev–Trinajstić information content (AvgIpc) is 1.33. The summed E-state index contributed by atoms with van der Waals surface area (Å²) in [6.07, 6.45) is 3.17. The van der Waals surface area contributed by atoms with Gasteiger partial charge in [0.25, 0.3) is 0 Å². The van der Waals surface area contributed by atoms with Gasteiger partial charge in [-0.1, -0.05) is 24.6 Å². The lowest BCUT2D eigenvalue weighted by Gasteiger charge is -2.14. The van der Waals surface area contributed by atoms with Gasteiger partial charge in [0, 0.05) is 5.03 Å².